The van der Waals surface area contributed by atoms with Gasteiger partial charge in [0.15, 0.2) is 0 Å². The largest absolute Gasteiger partial charge is 0.358 e. The third-order valence-corrected chi connectivity index (χ3v) is 5.50. The molecule has 6 nitrogen and oxygen atoms in total. The quantitative estimate of drug-likeness (QED) is 0.848. The number of likely N-dealkylation sites (N-methyl/N-ethyl adjacent to an activating group) is 1. The maximum Gasteiger partial charge on any atom is 0.244 e. The summed E-state index contributed by atoms with van der Waals surface area (Å²) in [6.45, 7) is 6.02. The first-order valence-electron chi connectivity index (χ1n) is 9.67. The number of aryl methyl sites for hydroxylation is 1. The Labute approximate surface area is 160 Å². The molecule has 0 bridgehead atoms. The molecule has 2 N–H and O–H groups in total. The Morgan fingerprint density at radius 2 is 1.93 bits per heavy atom. The summed E-state index contributed by atoms with van der Waals surface area (Å²) in [6, 6.07) is 7.98. The van der Waals surface area contributed by atoms with Gasteiger partial charge in [-0.3, -0.25) is 14.5 Å². The standard InChI is InChI=1S/C21H30N4O2/c1-14-20(17-7-5-6-8-18(17)22-14)16-9-11-25(12-10-16)13-19(26)23-15(2)21(27)24(3)4/h5-8,15-16,22H,9-13H2,1-4H3,(H,23,26). The first-order chi connectivity index (χ1) is 12.9. The van der Waals surface area contributed by atoms with Crippen LogP contribution in [0, 0.1) is 6.92 Å². The van der Waals surface area contributed by atoms with E-state index >= 15 is 0 Å². The molecule has 2 aromatic rings. The summed E-state index contributed by atoms with van der Waals surface area (Å²) in [7, 11) is 3.39. The Balaban J connectivity index is 1.55. The number of H-pyrrole nitrogens is 1. The third-order valence-electron chi connectivity index (χ3n) is 5.50. The molecule has 1 unspecified atom stereocenters. The Morgan fingerprint density at radius 1 is 1.26 bits per heavy atom. The number of carbonyl (C=O) groups excluding carboxylic acids is 2. The minimum atomic E-state index is -0.487. The zero-order valence-corrected chi connectivity index (χ0v) is 16.7. The van der Waals surface area contributed by atoms with E-state index in [0.717, 1.165) is 25.9 Å². The minimum absolute atomic E-state index is 0.0839. The summed E-state index contributed by atoms with van der Waals surface area (Å²) < 4.78 is 0. The highest BCUT2D eigenvalue weighted by Gasteiger charge is 2.26. The van der Waals surface area contributed by atoms with Crippen molar-refractivity contribution in [2.75, 3.05) is 33.7 Å². The second kappa shape index (κ2) is 8.13. The van der Waals surface area contributed by atoms with Gasteiger partial charge in [-0.15, -0.1) is 0 Å². The molecule has 1 atom stereocenters. The first kappa shape index (κ1) is 19.4. The van der Waals surface area contributed by atoms with E-state index in [4.69, 9.17) is 0 Å². The van der Waals surface area contributed by atoms with Gasteiger partial charge in [0.05, 0.1) is 6.54 Å². The smallest absolute Gasteiger partial charge is 0.244 e. The number of fused-ring (bicyclic) bond motifs is 1. The molecule has 2 heterocycles. The van der Waals surface area contributed by atoms with Gasteiger partial charge in [-0.25, -0.2) is 0 Å². The van der Waals surface area contributed by atoms with Gasteiger partial charge in [0.2, 0.25) is 11.8 Å². The van der Waals surface area contributed by atoms with Crippen molar-refractivity contribution in [3.8, 4) is 0 Å². The number of carbonyl (C=O) groups is 2. The maximum absolute atomic E-state index is 12.3. The third kappa shape index (κ3) is 4.33. The van der Waals surface area contributed by atoms with Crippen LogP contribution in [0.5, 0.6) is 0 Å². The van der Waals surface area contributed by atoms with Gasteiger partial charge < -0.3 is 15.2 Å². The predicted octanol–water partition coefficient (Wildman–Crippen LogP) is 2.25. The lowest BCUT2D eigenvalue weighted by atomic mass is 9.87. The molecule has 1 aromatic carbocycles. The van der Waals surface area contributed by atoms with Crippen molar-refractivity contribution < 1.29 is 9.59 Å². The molecule has 1 aromatic heterocycles. The summed E-state index contributed by atoms with van der Waals surface area (Å²) in [6.07, 6.45) is 2.09. The SMILES string of the molecule is Cc1[nH]c2ccccc2c1C1CCN(CC(=O)NC(C)C(=O)N(C)C)CC1. The van der Waals surface area contributed by atoms with Crippen LogP contribution in [0.25, 0.3) is 10.9 Å². The average Bonchev–Trinajstić information content (AvgIpc) is 2.97. The van der Waals surface area contributed by atoms with E-state index in [1.54, 1.807) is 21.0 Å². The Kier molecular flexibility index (Phi) is 5.85. The highest BCUT2D eigenvalue weighted by molar-refractivity contribution is 5.88. The average molecular weight is 370 g/mol. The van der Waals surface area contributed by atoms with Crippen molar-refractivity contribution in [3.05, 3.63) is 35.5 Å². The molecule has 1 saturated heterocycles. The molecule has 1 aliphatic heterocycles. The molecule has 3 rings (SSSR count). The first-order valence-corrected chi connectivity index (χ1v) is 9.67. The highest BCUT2D eigenvalue weighted by atomic mass is 16.2. The lowest BCUT2D eigenvalue weighted by Gasteiger charge is -2.32. The molecule has 0 aliphatic carbocycles. The number of benzene rings is 1. The molecule has 0 spiro atoms. The Morgan fingerprint density at radius 3 is 2.59 bits per heavy atom. The van der Waals surface area contributed by atoms with Gasteiger partial charge in [-0.2, -0.15) is 0 Å². The van der Waals surface area contributed by atoms with Crippen LogP contribution in [-0.2, 0) is 9.59 Å². The van der Waals surface area contributed by atoms with Crippen LogP contribution < -0.4 is 5.32 Å². The summed E-state index contributed by atoms with van der Waals surface area (Å²) in [5.74, 6) is 0.353. The topological polar surface area (TPSA) is 68.4 Å². The number of nitrogens with zero attached hydrogens (tertiary/aromatic N) is 2. The molecule has 27 heavy (non-hydrogen) atoms. The number of aromatic amines is 1. The summed E-state index contributed by atoms with van der Waals surface area (Å²) in [5.41, 5.74) is 3.88. The number of piperidine rings is 1. The number of hydrogen-bond acceptors (Lipinski definition) is 3. The number of amides is 2. The van der Waals surface area contributed by atoms with Crippen LogP contribution in [0.2, 0.25) is 0 Å². The fraction of sp³-hybridized carbons (Fsp3) is 0.524. The molecule has 1 aliphatic rings. The number of rotatable bonds is 5. The lowest BCUT2D eigenvalue weighted by Crippen LogP contribution is -2.48. The van der Waals surface area contributed by atoms with Crippen molar-refractivity contribution >= 4 is 22.7 Å². The maximum atomic E-state index is 12.3. The van der Waals surface area contributed by atoms with Crippen LogP contribution in [-0.4, -0.2) is 66.4 Å². The van der Waals surface area contributed by atoms with E-state index < -0.39 is 6.04 Å². The second-order valence-electron chi connectivity index (χ2n) is 7.78. The number of aromatic nitrogens is 1. The normalized spacial score (nSPS) is 17.0. The number of nitrogens with one attached hydrogen (secondary N) is 2. The van der Waals surface area contributed by atoms with Crippen molar-refractivity contribution in [2.24, 2.45) is 0 Å². The molecule has 146 valence electrons. The van der Waals surface area contributed by atoms with E-state index in [1.165, 1.54) is 27.1 Å². The molecule has 2 amide bonds. The van der Waals surface area contributed by atoms with Gasteiger partial charge >= 0.3 is 0 Å². The zero-order chi connectivity index (χ0) is 19.6. The number of likely N-dealkylation sites (tertiary alicyclic amines) is 1. The number of para-hydroxylation sites is 1. The lowest BCUT2D eigenvalue weighted by molar-refractivity contribution is -0.134. The van der Waals surface area contributed by atoms with E-state index in [1.807, 2.05) is 0 Å². The summed E-state index contributed by atoms with van der Waals surface area (Å²) >= 11 is 0. The van der Waals surface area contributed by atoms with Gasteiger partial charge in [-0.1, -0.05) is 18.2 Å². The van der Waals surface area contributed by atoms with E-state index in [9.17, 15) is 9.59 Å². The molecular formula is C21H30N4O2. The van der Waals surface area contributed by atoms with Crippen molar-refractivity contribution in [3.63, 3.8) is 0 Å². The fourth-order valence-corrected chi connectivity index (χ4v) is 4.14. The van der Waals surface area contributed by atoms with Crippen LogP contribution >= 0.6 is 0 Å². The van der Waals surface area contributed by atoms with E-state index in [-0.39, 0.29) is 11.8 Å². The predicted molar refractivity (Wildman–Crippen MR) is 108 cm³/mol. The molecule has 6 heteroatoms. The summed E-state index contributed by atoms with van der Waals surface area (Å²) in [4.78, 5) is 31.3. The number of hydrogen-bond donors (Lipinski definition) is 2. The van der Waals surface area contributed by atoms with Crippen molar-refractivity contribution in [1.29, 1.82) is 0 Å². The van der Waals surface area contributed by atoms with Gasteiger partial charge in [0.1, 0.15) is 6.04 Å². The van der Waals surface area contributed by atoms with Gasteiger partial charge in [0, 0.05) is 30.7 Å². The van der Waals surface area contributed by atoms with Crippen LogP contribution in [0.1, 0.15) is 36.9 Å². The Hall–Kier alpha value is -2.34. The van der Waals surface area contributed by atoms with Crippen LogP contribution in [0.15, 0.2) is 24.3 Å². The highest BCUT2D eigenvalue weighted by Crippen LogP contribution is 2.35. The molecule has 1 fully saturated rings. The second-order valence-corrected chi connectivity index (χ2v) is 7.78. The zero-order valence-electron chi connectivity index (χ0n) is 16.7. The van der Waals surface area contributed by atoms with Crippen LogP contribution in [0.3, 0.4) is 0 Å². The van der Waals surface area contributed by atoms with Crippen LogP contribution in [0.4, 0.5) is 0 Å². The Bertz CT molecular complexity index is 819. The monoisotopic (exact) mass is 370 g/mol. The van der Waals surface area contributed by atoms with Crippen molar-refractivity contribution in [1.82, 2.24) is 20.1 Å². The molecule has 0 radical (unpaired) electrons. The fourth-order valence-electron chi connectivity index (χ4n) is 4.14. The summed E-state index contributed by atoms with van der Waals surface area (Å²) in [5, 5.41) is 4.13. The van der Waals surface area contributed by atoms with Gasteiger partial charge in [-0.05, 0) is 57.3 Å². The molecule has 0 saturated carbocycles. The minimum Gasteiger partial charge on any atom is -0.358 e. The molecular weight excluding hydrogens is 340 g/mol. The van der Waals surface area contributed by atoms with E-state index in [0.29, 0.717) is 12.5 Å². The van der Waals surface area contributed by atoms with Crippen molar-refractivity contribution in [2.45, 2.75) is 38.6 Å². The van der Waals surface area contributed by atoms with Gasteiger partial charge in [0.25, 0.3) is 0 Å². The van der Waals surface area contributed by atoms with E-state index in [2.05, 4.69) is 46.4 Å².